The van der Waals surface area contributed by atoms with E-state index in [1.54, 1.807) is 12.1 Å². The van der Waals surface area contributed by atoms with Crippen LogP contribution in [0.2, 0.25) is 0 Å². The van der Waals surface area contributed by atoms with Crippen LogP contribution in [0.5, 0.6) is 0 Å². The van der Waals surface area contributed by atoms with E-state index in [9.17, 15) is 24.8 Å². The second kappa shape index (κ2) is 9.50. The van der Waals surface area contributed by atoms with Crippen LogP contribution in [0.3, 0.4) is 0 Å². The number of aryl methyl sites for hydroxylation is 1. The average Bonchev–Trinajstić information content (AvgIpc) is 3.01. The van der Waals surface area contributed by atoms with Crippen LogP contribution >= 0.6 is 0 Å². The summed E-state index contributed by atoms with van der Waals surface area (Å²) in [5, 5.41) is 30.6. The summed E-state index contributed by atoms with van der Waals surface area (Å²) < 4.78 is 5.25. The Bertz CT molecular complexity index is 1010. The Morgan fingerprint density at radius 1 is 1.10 bits per heavy atom. The van der Waals surface area contributed by atoms with Crippen molar-refractivity contribution < 1.29 is 29.5 Å². The Morgan fingerprint density at radius 3 is 2.32 bits per heavy atom. The highest BCUT2D eigenvalue weighted by molar-refractivity contribution is 6.46. The molecule has 1 aliphatic rings. The fraction of sp³-hybridized carbons (Fsp3) is 0.273. The van der Waals surface area contributed by atoms with Gasteiger partial charge in [-0.1, -0.05) is 29.8 Å². The van der Waals surface area contributed by atoms with Gasteiger partial charge >= 0.3 is 0 Å². The Morgan fingerprint density at radius 2 is 1.74 bits per heavy atom. The maximum absolute atomic E-state index is 12.8. The molecule has 2 aromatic carbocycles. The summed E-state index contributed by atoms with van der Waals surface area (Å²) >= 11 is 0. The molecule has 0 aliphatic carbocycles. The molecule has 162 valence electrons. The van der Waals surface area contributed by atoms with Crippen LogP contribution in [-0.4, -0.2) is 58.1 Å². The lowest BCUT2D eigenvalue weighted by molar-refractivity contribution is -0.384. The van der Waals surface area contributed by atoms with Gasteiger partial charge in [-0.2, -0.15) is 0 Å². The number of aliphatic hydroxyl groups is 2. The van der Waals surface area contributed by atoms with Crippen molar-refractivity contribution in [2.45, 2.75) is 13.0 Å². The first kappa shape index (κ1) is 22.1. The molecule has 1 heterocycles. The van der Waals surface area contributed by atoms with Gasteiger partial charge in [0.05, 0.1) is 36.4 Å². The average molecular weight is 426 g/mol. The summed E-state index contributed by atoms with van der Waals surface area (Å²) in [5.41, 5.74) is 1.56. The van der Waals surface area contributed by atoms with Crippen molar-refractivity contribution in [3.8, 4) is 0 Å². The van der Waals surface area contributed by atoms with Crippen LogP contribution in [-0.2, 0) is 14.3 Å². The van der Waals surface area contributed by atoms with Crippen LogP contribution in [0.4, 0.5) is 5.69 Å². The quantitative estimate of drug-likeness (QED) is 0.165. The number of nitro benzene ring substituents is 1. The number of rotatable bonds is 8. The summed E-state index contributed by atoms with van der Waals surface area (Å²) in [6.45, 7) is 2.02. The Labute approximate surface area is 178 Å². The first-order chi connectivity index (χ1) is 14.8. The summed E-state index contributed by atoms with van der Waals surface area (Å²) in [6, 6.07) is 11.5. The molecule has 2 N–H and O–H groups in total. The smallest absolute Gasteiger partial charge is 0.295 e. The third kappa shape index (κ3) is 4.62. The number of nitrogens with zero attached hydrogens (tertiary/aromatic N) is 2. The SMILES string of the molecule is Cc1ccc(C2C(=C(O)c3ccc([N+](=O)[O-])cc3)C(=O)C(=O)N2CCOCCO)cc1. The number of ether oxygens (including phenoxy) is 1. The molecular formula is C22H22N2O7. The molecule has 1 atom stereocenters. The van der Waals surface area contributed by atoms with Gasteiger partial charge in [0.1, 0.15) is 5.76 Å². The highest BCUT2D eigenvalue weighted by atomic mass is 16.6. The molecule has 1 amide bonds. The van der Waals surface area contributed by atoms with Crippen LogP contribution in [0.25, 0.3) is 5.76 Å². The van der Waals surface area contributed by atoms with Crippen molar-refractivity contribution in [2.24, 2.45) is 0 Å². The largest absolute Gasteiger partial charge is 0.507 e. The molecule has 1 unspecified atom stereocenters. The number of likely N-dealkylation sites (tertiary alicyclic amines) is 1. The number of carbonyl (C=O) groups is 2. The Balaban J connectivity index is 2.05. The van der Waals surface area contributed by atoms with Crippen LogP contribution < -0.4 is 0 Å². The molecule has 0 radical (unpaired) electrons. The fourth-order valence-electron chi connectivity index (χ4n) is 3.43. The maximum Gasteiger partial charge on any atom is 0.295 e. The number of hydrogen-bond donors (Lipinski definition) is 2. The summed E-state index contributed by atoms with van der Waals surface area (Å²) in [7, 11) is 0. The number of amides is 1. The van der Waals surface area contributed by atoms with E-state index in [4.69, 9.17) is 9.84 Å². The van der Waals surface area contributed by atoms with E-state index < -0.39 is 28.4 Å². The zero-order chi connectivity index (χ0) is 22.5. The highest BCUT2D eigenvalue weighted by Crippen LogP contribution is 2.39. The van der Waals surface area contributed by atoms with E-state index in [2.05, 4.69) is 0 Å². The van der Waals surface area contributed by atoms with Crippen molar-refractivity contribution in [3.05, 3.63) is 80.9 Å². The van der Waals surface area contributed by atoms with Gasteiger partial charge in [0.2, 0.25) is 0 Å². The molecular weight excluding hydrogens is 404 g/mol. The molecule has 3 rings (SSSR count). The summed E-state index contributed by atoms with van der Waals surface area (Å²) in [5.74, 6) is -2.03. The van der Waals surface area contributed by atoms with Crippen molar-refractivity contribution in [1.29, 1.82) is 0 Å². The van der Waals surface area contributed by atoms with Gasteiger partial charge in [-0.15, -0.1) is 0 Å². The number of ketones is 1. The first-order valence-electron chi connectivity index (χ1n) is 9.63. The number of Topliss-reactive ketones (excluding diaryl/α,β-unsaturated/α-hetero) is 1. The lowest BCUT2D eigenvalue weighted by atomic mass is 9.94. The molecule has 0 aromatic heterocycles. The lowest BCUT2D eigenvalue weighted by Crippen LogP contribution is -2.33. The van der Waals surface area contributed by atoms with Crippen molar-refractivity contribution >= 4 is 23.1 Å². The number of non-ortho nitro benzene ring substituents is 1. The third-order valence-corrected chi connectivity index (χ3v) is 5.00. The molecule has 1 saturated heterocycles. The predicted molar refractivity (Wildman–Crippen MR) is 111 cm³/mol. The van der Waals surface area contributed by atoms with Gasteiger partial charge < -0.3 is 19.8 Å². The summed E-state index contributed by atoms with van der Waals surface area (Å²) in [4.78, 5) is 37.2. The Kier molecular flexibility index (Phi) is 6.78. The predicted octanol–water partition coefficient (Wildman–Crippen LogP) is 2.33. The van der Waals surface area contributed by atoms with Crippen molar-refractivity contribution in [1.82, 2.24) is 4.90 Å². The lowest BCUT2D eigenvalue weighted by Gasteiger charge is -2.25. The van der Waals surface area contributed by atoms with Crippen molar-refractivity contribution in [3.63, 3.8) is 0 Å². The molecule has 31 heavy (non-hydrogen) atoms. The number of aliphatic hydroxyl groups excluding tert-OH is 2. The van der Waals surface area contributed by atoms with Crippen LogP contribution in [0.1, 0.15) is 22.7 Å². The molecule has 0 saturated carbocycles. The molecule has 1 fully saturated rings. The topological polar surface area (TPSA) is 130 Å². The molecule has 1 aliphatic heterocycles. The minimum absolute atomic E-state index is 0.0835. The highest BCUT2D eigenvalue weighted by Gasteiger charge is 2.45. The van der Waals surface area contributed by atoms with Gasteiger partial charge in [0.25, 0.3) is 17.4 Å². The maximum atomic E-state index is 12.8. The second-order valence-corrected chi connectivity index (χ2v) is 7.04. The van der Waals surface area contributed by atoms with Gasteiger partial charge in [-0.3, -0.25) is 19.7 Å². The zero-order valence-corrected chi connectivity index (χ0v) is 16.9. The minimum Gasteiger partial charge on any atom is -0.507 e. The van der Waals surface area contributed by atoms with Crippen LogP contribution in [0, 0.1) is 17.0 Å². The van der Waals surface area contributed by atoms with Gasteiger partial charge in [-0.25, -0.2) is 0 Å². The minimum atomic E-state index is -0.844. The molecule has 0 spiro atoms. The molecule has 9 heteroatoms. The number of nitro groups is 1. The monoisotopic (exact) mass is 426 g/mol. The van der Waals surface area contributed by atoms with E-state index in [0.29, 0.717) is 5.56 Å². The number of benzene rings is 2. The molecule has 0 bridgehead atoms. The number of hydrogen-bond acceptors (Lipinski definition) is 7. The van der Waals surface area contributed by atoms with Crippen molar-refractivity contribution in [2.75, 3.05) is 26.4 Å². The van der Waals surface area contributed by atoms with Gasteiger partial charge in [0.15, 0.2) is 0 Å². The van der Waals surface area contributed by atoms with E-state index in [1.165, 1.54) is 29.2 Å². The van der Waals surface area contributed by atoms with E-state index in [-0.39, 0.29) is 43.2 Å². The van der Waals surface area contributed by atoms with E-state index in [0.717, 1.165) is 5.56 Å². The van der Waals surface area contributed by atoms with Crippen LogP contribution in [0.15, 0.2) is 54.1 Å². The van der Waals surface area contributed by atoms with E-state index in [1.807, 2.05) is 19.1 Å². The summed E-state index contributed by atoms with van der Waals surface area (Å²) in [6.07, 6.45) is 0. The van der Waals surface area contributed by atoms with Gasteiger partial charge in [-0.05, 0) is 24.6 Å². The first-order valence-corrected chi connectivity index (χ1v) is 9.63. The number of carbonyl (C=O) groups excluding carboxylic acids is 2. The fourth-order valence-corrected chi connectivity index (χ4v) is 3.43. The standard InChI is InChI=1S/C22H22N2O7/c1-14-2-4-15(5-3-14)19-18(20(26)16-6-8-17(9-7-16)24(29)30)21(27)22(28)23(19)10-12-31-13-11-25/h2-9,19,25-26H,10-13H2,1H3. The normalized spacial score (nSPS) is 17.9. The second-order valence-electron chi connectivity index (χ2n) is 7.04. The van der Waals surface area contributed by atoms with Gasteiger partial charge in [0, 0.05) is 24.2 Å². The van der Waals surface area contributed by atoms with E-state index >= 15 is 0 Å². The zero-order valence-electron chi connectivity index (χ0n) is 16.9. The molecule has 9 nitrogen and oxygen atoms in total. The third-order valence-electron chi connectivity index (χ3n) is 5.00. The molecule has 2 aromatic rings. The Hall–Kier alpha value is -3.56.